The molecule has 0 radical (unpaired) electrons. The van der Waals surface area contributed by atoms with Crippen LogP contribution in [-0.4, -0.2) is 13.1 Å². The second kappa shape index (κ2) is 3.95. The molecule has 0 saturated heterocycles. The van der Waals surface area contributed by atoms with Crippen LogP contribution in [0, 0.1) is 11.3 Å². The van der Waals surface area contributed by atoms with Crippen molar-refractivity contribution < 1.29 is 0 Å². The number of hydrogen-bond donors (Lipinski definition) is 0. The number of anilines is 1. The van der Waals surface area contributed by atoms with E-state index in [4.69, 9.17) is 5.26 Å². The number of rotatable bonds is 2. The fraction of sp³-hybridized carbons (Fsp3) is 0.364. The second-order valence-electron chi connectivity index (χ2n) is 3.36. The minimum atomic E-state index is 0.480. The molecular weight excluding hydrogens is 160 g/mol. The summed E-state index contributed by atoms with van der Waals surface area (Å²) < 4.78 is 0. The molecule has 0 aromatic heterocycles. The van der Waals surface area contributed by atoms with Gasteiger partial charge in [-0.1, -0.05) is 0 Å². The third kappa shape index (κ3) is 2.22. The van der Waals surface area contributed by atoms with Crippen molar-refractivity contribution in [1.29, 1.82) is 5.26 Å². The van der Waals surface area contributed by atoms with Crippen molar-refractivity contribution in [1.82, 2.24) is 0 Å². The second-order valence-corrected chi connectivity index (χ2v) is 3.36. The van der Waals surface area contributed by atoms with Crippen molar-refractivity contribution in [2.75, 3.05) is 11.9 Å². The Balaban J connectivity index is 2.87. The van der Waals surface area contributed by atoms with E-state index >= 15 is 0 Å². The van der Waals surface area contributed by atoms with Crippen molar-refractivity contribution in [3.63, 3.8) is 0 Å². The van der Waals surface area contributed by atoms with E-state index < -0.39 is 0 Å². The van der Waals surface area contributed by atoms with Gasteiger partial charge < -0.3 is 4.90 Å². The standard InChI is InChI=1S/C11H14N2/c1-9(2)13(3)11-6-4-10(8-12)5-7-11/h4-7,9H,1-3H3. The van der Waals surface area contributed by atoms with Crippen LogP contribution >= 0.6 is 0 Å². The van der Waals surface area contributed by atoms with Gasteiger partial charge in [-0.05, 0) is 38.1 Å². The van der Waals surface area contributed by atoms with Gasteiger partial charge in [0.15, 0.2) is 0 Å². The Hall–Kier alpha value is -1.49. The Morgan fingerprint density at radius 3 is 2.15 bits per heavy atom. The summed E-state index contributed by atoms with van der Waals surface area (Å²) in [6.07, 6.45) is 0. The number of benzene rings is 1. The Bertz CT molecular complexity index is 306. The molecule has 1 rings (SSSR count). The summed E-state index contributed by atoms with van der Waals surface area (Å²) in [7, 11) is 2.05. The molecule has 0 atom stereocenters. The first-order valence-corrected chi connectivity index (χ1v) is 4.38. The monoisotopic (exact) mass is 174 g/mol. The molecular formula is C11H14N2. The van der Waals surface area contributed by atoms with E-state index in [-0.39, 0.29) is 0 Å². The minimum absolute atomic E-state index is 0.480. The molecule has 0 heterocycles. The fourth-order valence-corrected chi connectivity index (χ4v) is 1.07. The smallest absolute Gasteiger partial charge is 0.0991 e. The van der Waals surface area contributed by atoms with Gasteiger partial charge in [-0.15, -0.1) is 0 Å². The van der Waals surface area contributed by atoms with E-state index in [1.807, 2.05) is 31.3 Å². The van der Waals surface area contributed by atoms with Crippen molar-refractivity contribution in [2.45, 2.75) is 19.9 Å². The Kier molecular flexibility index (Phi) is 2.92. The van der Waals surface area contributed by atoms with Gasteiger partial charge in [0.25, 0.3) is 0 Å². The first-order chi connectivity index (χ1) is 6.15. The molecule has 2 heteroatoms. The van der Waals surface area contributed by atoms with Crippen molar-refractivity contribution in [3.8, 4) is 6.07 Å². The van der Waals surface area contributed by atoms with Crippen LogP contribution in [0.4, 0.5) is 5.69 Å². The van der Waals surface area contributed by atoms with Crippen molar-refractivity contribution >= 4 is 5.69 Å². The molecule has 0 aliphatic carbocycles. The molecule has 0 fully saturated rings. The van der Waals surface area contributed by atoms with E-state index in [9.17, 15) is 0 Å². The Morgan fingerprint density at radius 2 is 1.77 bits per heavy atom. The predicted octanol–water partition coefficient (Wildman–Crippen LogP) is 2.40. The molecule has 0 aliphatic rings. The molecule has 68 valence electrons. The number of nitriles is 1. The lowest BCUT2D eigenvalue weighted by molar-refractivity contribution is 0.755. The largest absolute Gasteiger partial charge is 0.372 e. The molecule has 0 unspecified atom stereocenters. The maximum atomic E-state index is 8.61. The van der Waals surface area contributed by atoms with Gasteiger partial charge >= 0.3 is 0 Å². The van der Waals surface area contributed by atoms with Gasteiger partial charge in [0, 0.05) is 18.8 Å². The van der Waals surface area contributed by atoms with E-state index in [0.29, 0.717) is 11.6 Å². The number of nitrogens with zero attached hydrogens (tertiary/aromatic N) is 2. The maximum Gasteiger partial charge on any atom is 0.0991 e. The molecule has 1 aromatic rings. The molecule has 0 aliphatic heterocycles. The third-order valence-corrected chi connectivity index (χ3v) is 2.18. The lowest BCUT2D eigenvalue weighted by Crippen LogP contribution is -2.25. The topological polar surface area (TPSA) is 27.0 Å². The van der Waals surface area contributed by atoms with Gasteiger partial charge in [-0.25, -0.2) is 0 Å². The van der Waals surface area contributed by atoms with Crippen LogP contribution in [-0.2, 0) is 0 Å². The zero-order valence-electron chi connectivity index (χ0n) is 8.28. The fourth-order valence-electron chi connectivity index (χ4n) is 1.07. The highest BCUT2D eigenvalue weighted by Crippen LogP contribution is 2.15. The summed E-state index contributed by atoms with van der Waals surface area (Å²) in [6, 6.07) is 10.2. The lowest BCUT2D eigenvalue weighted by atomic mass is 10.2. The van der Waals surface area contributed by atoms with Crippen LogP contribution in [0.25, 0.3) is 0 Å². The summed E-state index contributed by atoms with van der Waals surface area (Å²) in [6.45, 7) is 4.27. The molecule has 13 heavy (non-hydrogen) atoms. The average molecular weight is 174 g/mol. The van der Waals surface area contributed by atoms with Gasteiger partial charge in [0.2, 0.25) is 0 Å². The molecule has 0 N–H and O–H groups in total. The highest BCUT2D eigenvalue weighted by atomic mass is 15.1. The van der Waals surface area contributed by atoms with E-state index in [0.717, 1.165) is 5.69 Å². The van der Waals surface area contributed by atoms with Crippen LogP contribution in [0.5, 0.6) is 0 Å². The molecule has 0 saturated carbocycles. The highest BCUT2D eigenvalue weighted by molar-refractivity contribution is 5.49. The zero-order valence-corrected chi connectivity index (χ0v) is 8.28. The van der Waals surface area contributed by atoms with Gasteiger partial charge in [-0.3, -0.25) is 0 Å². The van der Waals surface area contributed by atoms with E-state index in [2.05, 4.69) is 24.8 Å². The van der Waals surface area contributed by atoms with Crippen LogP contribution in [0.3, 0.4) is 0 Å². The minimum Gasteiger partial charge on any atom is -0.372 e. The van der Waals surface area contributed by atoms with E-state index in [1.165, 1.54) is 0 Å². The zero-order chi connectivity index (χ0) is 9.84. The Labute approximate surface area is 79.4 Å². The average Bonchev–Trinajstić information content (AvgIpc) is 2.17. The predicted molar refractivity (Wildman–Crippen MR) is 54.7 cm³/mol. The maximum absolute atomic E-state index is 8.61. The molecule has 2 nitrogen and oxygen atoms in total. The number of hydrogen-bond acceptors (Lipinski definition) is 2. The van der Waals surface area contributed by atoms with E-state index in [1.54, 1.807) is 0 Å². The first kappa shape index (κ1) is 9.60. The van der Waals surface area contributed by atoms with Gasteiger partial charge in [0.05, 0.1) is 11.6 Å². The van der Waals surface area contributed by atoms with Crippen LogP contribution < -0.4 is 4.90 Å². The molecule has 0 amide bonds. The summed E-state index contributed by atoms with van der Waals surface area (Å²) >= 11 is 0. The first-order valence-electron chi connectivity index (χ1n) is 4.38. The quantitative estimate of drug-likeness (QED) is 0.688. The van der Waals surface area contributed by atoms with Gasteiger partial charge in [0.1, 0.15) is 0 Å². The van der Waals surface area contributed by atoms with Crippen molar-refractivity contribution in [3.05, 3.63) is 29.8 Å². The van der Waals surface area contributed by atoms with Gasteiger partial charge in [-0.2, -0.15) is 5.26 Å². The SMILES string of the molecule is CC(C)N(C)c1ccc(C#N)cc1. The van der Waals surface area contributed by atoms with Crippen molar-refractivity contribution in [2.24, 2.45) is 0 Å². The molecule has 0 bridgehead atoms. The summed E-state index contributed by atoms with van der Waals surface area (Å²) in [5, 5.41) is 8.61. The Morgan fingerprint density at radius 1 is 1.23 bits per heavy atom. The highest BCUT2D eigenvalue weighted by Gasteiger charge is 2.03. The van der Waals surface area contributed by atoms with Crippen LogP contribution in [0.1, 0.15) is 19.4 Å². The summed E-state index contributed by atoms with van der Waals surface area (Å²) in [4.78, 5) is 2.17. The molecule has 0 spiro atoms. The summed E-state index contributed by atoms with van der Waals surface area (Å²) in [5.41, 5.74) is 1.86. The lowest BCUT2D eigenvalue weighted by Gasteiger charge is -2.23. The summed E-state index contributed by atoms with van der Waals surface area (Å²) in [5.74, 6) is 0. The van der Waals surface area contributed by atoms with Crippen LogP contribution in [0.2, 0.25) is 0 Å². The normalized spacial score (nSPS) is 9.77. The third-order valence-electron chi connectivity index (χ3n) is 2.18. The van der Waals surface area contributed by atoms with Crippen LogP contribution in [0.15, 0.2) is 24.3 Å². The molecule has 1 aromatic carbocycles.